The summed E-state index contributed by atoms with van der Waals surface area (Å²) in [6, 6.07) is 14.4. The predicted octanol–water partition coefficient (Wildman–Crippen LogP) is 3.14. The van der Waals surface area contributed by atoms with Gasteiger partial charge in [-0.3, -0.25) is 0 Å². The second-order valence-electron chi connectivity index (χ2n) is 5.75. The van der Waals surface area contributed by atoms with Crippen LogP contribution in [0.25, 0.3) is 6.08 Å². The minimum Gasteiger partial charge on any atom is -0.478 e. The Kier molecular flexibility index (Phi) is 7.38. The molecule has 0 aromatic heterocycles. The molecular formula is C19H20ClNO4S. The van der Waals surface area contributed by atoms with Gasteiger partial charge in [0.1, 0.15) is 0 Å². The summed E-state index contributed by atoms with van der Waals surface area (Å²) < 4.78 is 26.7. The molecule has 0 saturated carbocycles. The third-order valence-corrected chi connectivity index (χ3v) is 5.34. The summed E-state index contributed by atoms with van der Waals surface area (Å²) in [6.07, 6.45) is 3.57. The molecule has 0 aliphatic rings. The van der Waals surface area contributed by atoms with E-state index in [1.807, 2.05) is 24.3 Å². The third kappa shape index (κ3) is 7.39. The molecule has 2 rings (SSSR count). The van der Waals surface area contributed by atoms with Gasteiger partial charge in [0.15, 0.2) is 0 Å². The molecule has 2 N–H and O–H groups in total. The number of carbonyl (C=O) groups is 1. The van der Waals surface area contributed by atoms with Crippen molar-refractivity contribution in [3.05, 3.63) is 76.3 Å². The van der Waals surface area contributed by atoms with Crippen LogP contribution in [0.1, 0.15) is 16.7 Å². The Balaban J connectivity index is 1.78. The maximum absolute atomic E-state index is 12.1. The van der Waals surface area contributed by atoms with Gasteiger partial charge in [0, 0.05) is 17.6 Å². The van der Waals surface area contributed by atoms with Crippen molar-refractivity contribution >= 4 is 33.7 Å². The van der Waals surface area contributed by atoms with Crippen molar-refractivity contribution in [2.45, 2.75) is 12.8 Å². The number of carboxylic acids is 1. The molecule has 0 unspecified atom stereocenters. The Morgan fingerprint density at radius 1 is 1.00 bits per heavy atom. The van der Waals surface area contributed by atoms with Crippen LogP contribution in [0.3, 0.4) is 0 Å². The summed E-state index contributed by atoms with van der Waals surface area (Å²) in [5.41, 5.74) is 2.67. The predicted molar refractivity (Wildman–Crippen MR) is 104 cm³/mol. The van der Waals surface area contributed by atoms with E-state index in [1.165, 1.54) is 6.08 Å². The largest absolute Gasteiger partial charge is 0.478 e. The molecule has 0 spiro atoms. The molecule has 5 nitrogen and oxygen atoms in total. The highest BCUT2D eigenvalue weighted by Gasteiger charge is 2.10. The molecule has 0 atom stereocenters. The Hall–Kier alpha value is -2.15. The molecule has 0 aliphatic heterocycles. The van der Waals surface area contributed by atoms with Crippen LogP contribution in [0.15, 0.2) is 54.6 Å². The van der Waals surface area contributed by atoms with Crippen molar-refractivity contribution in [3.8, 4) is 0 Å². The van der Waals surface area contributed by atoms with Crippen molar-refractivity contribution in [2.75, 3.05) is 12.3 Å². The van der Waals surface area contributed by atoms with E-state index < -0.39 is 16.0 Å². The van der Waals surface area contributed by atoms with Gasteiger partial charge >= 0.3 is 5.97 Å². The molecule has 0 heterocycles. The van der Waals surface area contributed by atoms with Gasteiger partial charge in [-0.15, -0.1) is 0 Å². The zero-order valence-corrected chi connectivity index (χ0v) is 15.6. The second-order valence-corrected chi connectivity index (χ2v) is 8.12. The fourth-order valence-electron chi connectivity index (χ4n) is 2.29. The fourth-order valence-corrected chi connectivity index (χ4v) is 3.48. The first kappa shape index (κ1) is 20.2. The molecule has 0 saturated heterocycles. The van der Waals surface area contributed by atoms with Gasteiger partial charge in [-0.1, -0.05) is 48.0 Å². The molecule has 0 radical (unpaired) electrons. The Morgan fingerprint density at radius 2 is 1.58 bits per heavy atom. The van der Waals surface area contributed by atoms with Gasteiger partial charge in [-0.05, 0) is 47.7 Å². The summed E-state index contributed by atoms with van der Waals surface area (Å²) in [4.78, 5) is 10.5. The molecule has 138 valence electrons. The zero-order valence-electron chi connectivity index (χ0n) is 14.1. The number of carboxylic acid groups (broad SMARTS) is 1. The summed E-state index contributed by atoms with van der Waals surface area (Å²) in [7, 11) is -3.35. The lowest BCUT2D eigenvalue weighted by Crippen LogP contribution is -2.29. The van der Waals surface area contributed by atoms with E-state index in [9.17, 15) is 13.2 Å². The van der Waals surface area contributed by atoms with Crippen LogP contribution < -0.4 is 4.72 Å². The third-order valence-electron chi connectivity index (χ3n) is 3.71. The van der Waals surface area contributed by atoms with Crippen LogP contribution >= 0.6 is 11.6 Å². The first-order valence-electron chi connectivity index (χ1n) is 8.06. The van der Waals surface area contributed by atoms with Crippen LogP contribution in [0, 0.1) is 0 Å². The number of hydrogen-bond donors (Lipinski definition) is 2. The molecule has 26 heavy (non-hydrogen) atoms. The standard InChI is InChI=1S/C19H20ClNO4S/c20-18-8-5-17(6-9-18)12-14-26(24,25)21-13-11-16-3-1-15(2-4-16)7-10-19(22)23/h1-10,21H,11-14H2,(H,22,23)/b10-7+. The number of hydrogen-bond acceptors (Lipinski definition) is 3. The van der Waals surface area contributed by atoms with Crippen molar-refractivity contribution in [2.24, 2.45) is 0 Å². The Bertz CT molecular complexity index is 859. The summed E-state index contributed by atoms with van der Waals surface area (Å²) in [5, 5.41) is 9.22. The maximum atomic E-state index is 12.1. The highest BCUT2D eigenvalue weighted by Crippen LogP contribution is 2.10. The first-order valence-corrected chi connectivity index (χ1v) is 10.1. The zero-order chi connectivity index (χ0) is 19.0. The second kappa shape index (κ2) is 9.52. The molecular weight excluding hydrogens is 374 g/mol. The van der Waals surface area contributed by atoms with Crippen LogP contribution in [0.5, 0.6) is 0 Å². The molecule has 0 bridgehead atoms. The number of nitrogens with one attached hydrogen (secondary N) is 1. The maximum Gasteiger partial charge on any atom is 0.328 e. The van der Waals surface area contributed by atoms with Gasteiger partial charge in [0.25, 0.3) is 0 Å². The summed E-state index contributed by atoms with van der Waals surface area (Å²) >= 11 is 5.81. The van der Waals surface area contributed by atoms with Gasteiger partial charge in [0.05, 0.1) is 5.75 Å². The number of aliphatic carboxylic acids is 1. The van der Waals surface area contributed by atoms with E-state index in [0.29, 0.717) is 24.4 Å². The fraction of sp³-hybridized carbons (Fsp3) is 0.211. The van der Waals surface area contributed by atoms with E-state index in [0.717, 1.165) is 22.8 Å². The van der Waals surface area contributed by atoms with Crippen molar-refractivity contribution in [1.82, 2.24) is 4.72 Å². The van der Waals surface area contributed by atoms with E-state index in [1.54, 1.807) is 24.3 Å². The molecule has 2 aromatic carbocycles. The monoisotopic (exact) mass is 393 g/mol. The smallest absolute Gasteiger partial charge is 0.328 e. The van der Waals surface area contributed by atoms with Gasteiger partial charge < -0.3 is 5.11 Å². The molecule has 7 heteroatoms. The SMILES string of the molecule is O=C(O)/C=C/c1ccc(CCNS(=O)(=O)CCc2ccc(Cl)cc2)cc1. The van der Waals surface area contributed by atoms with Crippen LogP contribution in [0.4, 0.5) is 0 Å². The van der Waals surface area contributed by atoms with Gasteiger partial charge in [-0.25, -0.2) is 17.9 Å². The van der Waals surface area contributed by atoms with Crippen LogP contribution in [-0.4, -0.2) is 31.8 Å². The van der Waals surface area contributed by atoms with E-state index in [4.69, 9.17) is 16.7 Å². The van der Waals surface area contributed by atoms with Crippen molar-refractivity contribution < 1.29 is 18.3 Å². The van der Waals surface area contributed by atoms with Gasteiger partial charge in [0.2, 0.25) is 10.0 Å². The number of sulfonamides is 1. The normalized spacial score (nSPS) is 11.7. The van der Waals surface area contributed by atoms with E-state index in [-0.39, 0.29) is 5.75 Å². The highest BCUT2D eigenvalue weighted by molar-refractivity contribution is 7.89. The molecule has 0 amide bonds. The lowest BCUT2D eigenvalue weighted by Gasteiger charge is -2.07. The number of rotatable bonds is 9. The van der Waals surface area contributed by atoms with E-state index >= 15 is 0 Å². The summed E-state index contributed by atoms with van der Waals surface area (Å²) in [6.45, 7) is 0.313. The molecule has 0 fully saturated rings. The lowest BCUT2D eigenvalue weighted by atomic mass is 10.1. The Labute approximate surface area is 158 Å². The average Bonchev–Trinajstić information content (AvgIpc) is 2.60. The van der Waals surface area contributed by atoms with Crippen LogP contribution in [-0.2, 0) is 27.7 Å². The topological polar surface area (TPSA) is 83.5 Å². The van der Waals surface area contributed by atoms with E-state index in [2.05, 4.69) is 4.72 Å². The summed E-state index contributed by atoms with van der Waals surface area (Å²) in [5.74, 6) is -0.977. The Morgan fingerprint density at radius 3 is 2.19 bits per heavy atom. The van der Waals surface area contributed by atoms with Crippen molar-refractivity contribution in [1.29, 1.82) is 0 Å². The van der Waals surface area contributed by atoms with Crippen LogP contribution in [0.2, 0.25) is 5.02 Å². The van der Waals surface area contributed by atoms with Gasteiger partial charge in [-0.2, -0.15) is 0 Å². The molecule has 0 aliphatic carbocycles. The lowest BCUT2D eigenvalue weighted by molar-refractivity contribution is -0.131. The van der Waals surface area contributed by atoms with Crippen molar-refractivity contribution in [3.63, 3.8) is 0 Å². The number of aryl methyl sites for hydroxylation is 1. The quantitative estimate of drug-likeness (QED) is 0.641. The minimum atomic E-state index is -3.35. The number of benzene rings is 2. The first-order chi connectivity index (χ1) is 12.3. The molecule has 2 aromatic rings. The average molecular weight is 394 g/mol. The highest BCUT2D eigenvalue weighted by atomic mass is 35.5. The minimum absolute atomic E-state index is 0.0214. The number of halogens is 1.